The summed E-state index contributed by atoms with van der Waals surface area (Å²) in [5.41, 5.74) is 5.58. The van der Waals surface area contributed by atoms with Gasteiger partial charge in [-0.2, -0.15) is 5.10 Å². The third-order valence-corrected chi connectivity index (χ3v) is 4.53. The van der Waals surface area contributed by atoms with E-state index in [1.54, 1.807) is 10.9 Å². The lowest BCUT2D eigenvalue weighted by Gasteiger charge is -2.12. The van der Waals surface area contributed by atoms with Crippen molar-refractivity contribution in [2.24, 2.45) is 0 Å². The first-order valence-corrected chi connectivity index (χ1v) is 8.60. The Morgan fingerprint density at radius 3 is 2.54 bits per heavy atom. The van der Waals surface area contributed by atoms with Gasteiger partial charge < -0.3 is 10.4 Å². The van der Waals surface area contributed by atoms with Gasteiger partial charge in [-0.25, -0.2) is 4.68 Å². The summed E-state index contributed by atoms with van der Waals surface area (Å²) in [5.74, 6) is -0.247. The van der Waals surface area contributed by atoms with Gasteiger partial charge in [-0.1, -0.05) is 29.8 Å². The maximum absolute atomic E-state index is 12.6. The smallest absolute Gasteiger partial charge is 0.258 e. The Labute approximate surface area is 157 Å². The standard InChI is InChI=1S/C20H20ClN3O2/c1-12-4-5-17(21)18(6-12)24-10-16(9-22-24)20(26)23-19-13(2)7-15(11-25)8-14(19)3/h4-10,25H,11H2,1-3H3,(H,23,26). The number of nitrogens with zero attached hydrogens (tertiary/aromatic N) is 2. The number of aliphatic hydroxyl groups is 1. The summed E-state index contributed by atoms with van der Waals surface area (Å²) in [4.78, 5) is 12.6. The van der Waals surface area contributed by atoms with Crippen molar-refractivity contribution in [2.45, 2.75) is 27.4 Å². The highest BCUT2D eigenvalue weighted by atomic mass is 35.5. The normalized spacial score (nSPS) is 10.8. The first-order chi connectivity index (χ1) is 12.4. The molecule has 2 N–H and O–H groups in total. The quantitative estimate of drug-likeness (QED) is 0.724. The number of anilines is 1. The first kappa shape index (κ1) is 18.2. The molecule has 6 heteroatoms. The van der Waals surface area contributed by atoms with Crippen LogP contribution in [0.3, 0.4) is 0 Å². The van der Waals surface area contributed by atoms with Gasteiger partial charge in [-0.3, -0.25) is 4.79 Å². The highest BCUT2D eigenvalue weighted by Gasteiger charge is 2.14. The molecule has 1 heterocycles. The molecule has 134 valence electrons. The lowest BCUT2D eigenvalue weighted by molar-refractivity contribution is 0.102. The van der Waals surface area contributed by atoms with E-state index in [1.165, 1.54) is 6.20 Å². The van der Waals surface area contributed by atoms with Gasteiger partial charge in [0.2, 0.25) is 0 Å². The fourth-order valence-corrected chi connectivity index (χ4v) is 3.10. The van der Waals surface area contributed by atoms with Crippen LogP contribution in [-0.4, -0.2) is 20.8 Å². The van der Waals surface area contributed by atoms with Crippen LogP contribution in [0.4, 0.5) is 5.69 Å². The van der Waals surface area contributed by atoms with Crippen LogP contribution in [0.15, 0.2) is 42.7 Å². The average Bonchev–Trinajstić information content (AvgIpc) is 3.09. The Hall–Kier alpha value is -2.63. The summed E-state index contributed by atoms with van der Waals surface area (Å²) in [7, 11) is 0. The van der Waals surface area contributed by atoms with E-state index in [9.17, 15) is 9.90 Å². The molecule has 0 aliphatic rings. The summed E-state index contributed by atoms with van der Waals surface area (Å²) in [6.45, 7) is 5.74. The molecule has 0 unspecified atom stereocenters. The maximum atomic E-state index is 12.6. The van der Waals surface area contributed by atoms with Crippen LogP contribution in [-0.2, 0) is 6.61 Å². The number of nitrogens with one attached hydrogen (secondary N) is 1. The zero-order valence-electron chi connectivity index (χ0n) is 14.9. The summed E-state index contributed by atoms with van der Waals surface area (Å²) in [5, 5.41) is 17.0. The number of carbonyl (C=O) groups is 1. The van der Waals surface area contributed by atoms with Crippen molar-refractivity contribution in [2.75, 3.05) is 5.32 Å². The van der Waals surface area contributed by atoms with E-state index >= 15 is 0 Å². The summed E-state index contributed by atoms with van der Waals surface area (Å²) < 4.78 is 1.60. The Balaban J connectivity index is 1.86. The van der Waals surface area contributed by atoms with Gasteiger partial charge in [0.15, 0.2) is 0 Å². The van der Waals surface area contributed by atoms with Crippen LogP contribution in [0.1, 0.15) is 32.6 Å². The number of benzene rings is 2. The molecular formula is C20H20ClN3O2. The Bertz CT molecular complexity index is 956. The molecule has 0 aliphatic heterocycles. The molecule has 0 aliphatic carbocycles. The van der Waals surface area contributed by atoms with Gasteiger partial charge in [0.25, 0.3) is 5.91 Å². The number of halogens is 1. The van der Waals surface area contributed by atoms with Gasteiger partial charge in [-0.15, -0.1) is 0 Å². The van der Waals surface area contributed by atoms with E-state index in [1.807, 2.05) is 51.1 Å². The molecular weight excluding hydrogens is 350 g/mol. The largest absolute Gasteiger partial charge is 0.392 e. The monoisotopic (exact) mass is 369 g/mol. The number of hydrogen-bond donors (Lipinski definition) is 2. The number of rotatable bonds is 4. The number of hydrogen-bond acceptors (Lipinski definition) is 3. The van der Waals surface area contributed by atoms with E-state index in [4.69, 9.17) is 11.6 Å². The van der Waals surface area contributed by atoms with Crippen LogP contribution in [0.5, 0.6) is 0 Å². The van der Waals surface area contributed by atoms with Gasteiger partial charge in [0.05, 0.1) is 29.1 Å². The molecule has 0 bridgehead atoms. The third kappa shape index (κ3) is 3.64. The molecule has 0 atom stereocenters. The molecule has 26 heavy (non-hydrogen) atoms. The van der Waals surface area contributed by atoms with Crippen molar-refractivity contribution >= 4 is 23.2 Å². The number of aryl methyl sites for hydroxylation is 3. The zero-order chi connectivity index (χ0) is 18.8. The Morgan fingerprint density at radius 2 is 1.88 bits per heavy atom. The zero-order valence-corrected chi connectivity index (χ0v) is 15.6. The number of amides is 1. The van der Waals surface area contributed by atoms with Crippen LogP contribution < -0.4 is 5.32 Å². The van der Waals surface area contributed by atoms with Crippen molar-refractivity contribution in [3.63, 3.8) is 0 Å². The van der Waals surface area contributed by atoms with E-state index < -0.39 is 0 Å². The lowest BCUT2D eigenvalue weighted by Crippen LogP contribution is -2.13. The van der Waals surface area contributed by atoms with Crippen LogP contribution >= 0.6 is 11.6 Å². The van der Waals surface area contributed by atoms with Crippen LogP contribution in [0, 0.1) is 20.8 Å². The fraction of sp³-hybridized carbons (Fsp3) is 0.200. The van der Waals surface area contributed by atoms with E-state index in [2.05, 4.69) is 10.4 Å². The molecule has 0 fully saturated rings. The molecule has 0 spiro atoms. The maximum Gasteiger partial charge on any atom is 0.258 e. The fourth-order valence-electron chi connectivity index (χ4n) is 2.90. The third-order valence-electron chi connectivity index (χ3n) is 4.21. The lowest BCUT2D eigenvalue weighted by atomic mass is 10.0. The van der Waals surface area contributed by atoms with Gasteiger partial charge in [0, 0.05) is 11.9 Å². The number of carbonyl (C=O) groups excluding carboxylic acids is 1. The SMILES string of the molecule is Cc1ccc(Cl)c(-n2cc(C(=O)Nc3c(C)cc(CO)cc3C)cn2)c1. The predicted octanol–water partition coefficient (Wildman–Crippen LogP) is 4.20. The first-order valence-electron chi connectivity index (χ1n) is 8.22. The van der Waals surface area contributed by atoms with Crippen molar-refractivity contribution in [1.29, 1.82) is 0 Å². The van der Waals surface area contributed by atoms with E-state index in [0.717, 1.165) is 33.6 Å². The summed E-state index contributed by atoms with van der Waals surface area (Å²) >= 11 is 6.24. The molecule has 5 nitrogen and oxygen atoms in total. The molecule has 0 radical (unpaired) electrons. The van der Waals surface area contributed by atoms with E-state index in [0.29, 0.717) is 10.6 Å². The second kappa shape index (κ2) is 7.32. The second-order valence-electron chi connectivity index (χ2n) is 6.35. The Kier molecular flexibility index (Phi) is 5.11. The molecule has 3 rings (SSSR count). The van der Waals surface area contributed by atoms with Gasteiger partial charge >= 0.3 is 0 Å². The highest BCUT2D eigenvalue weighted by Crippen LogP contribution is 2.24. The van der Waals surface area contributed by atoms with E-state index in [-0.39, 0.29) is 12.5 Å². The van der Waals surface area contributed by atoms with Gasteiger partial charge in [0.1, 0.15) is 0 Å². The molecule has 1 amide bonds. The Morgan fingerprint density at radius 1 is 1.19 bits per heavy atom. The van der Waals surface area contributed by atoms with Crippen molar-refractivity contribution in [3.05, 3.63) is 75.6 Å². The summed E-state index contributed by atoms with van der Waals surface area (Å²) in [6, 6.07) is 9.36. The molecule has 0 saturated heterocycles. The minimum atomic E-state index is -0.247. The molecule has 2 aromatic carbocycles. The number of aromatic nitrogens is 2. The van der Waals surface area contributed by atoms with Crippen molar-refractivity contribution in [1.82, 2.24) is 9.78 Å². The van der Waals surface area contributed by atoms with Gasteiger partial charge in [-0.05, 0) is 55.2 Å². The average molecular weight is 370 g/mol. The minimum Gasteiger partial charge on any atom is -0.392 e. The van der Waals surface area contributed by atoms with Crippen molar-refractivity contribution in [3.8, 4) is 5.69 Å². The van der Waals surface area contributed by atoms with Crippen LogP contribution in [0.2, 0.25) is 5.02 Å². The van der Waals surface area contributed by atoms with Crippen molar-refractivity contribution < 1.29 is 9.90 Å². The molecule has 1 aromatic heterocycles. The number of aliphatic hydroxyl groups excluding tert-OH is 1. The predicted molar refractivity (Wildman–Crippen MR) is 103 cm³/mol. The molecule has 3 aromatic rings. The molecule has 0 saturated carbocycles. The van der Waals surface area contributed by atoms with Crippen LogP contribution in [0.25, 0.3) is 5.69 Å². The highest BCUT2D eigenvalue weighted by molar-refractivity contribution is 6.32. The topological polar surface area (TPSA) is 67.2 Å². The second-order valence-corrected chi connectivity index (χ2v) is 6.75. The summed E-state index contributed by atoms with van der Waals surface area (Å²) in [6.07, 6.45) is 3.17. The minimum absolute atomic E-state index is 0.0278.